The molecule has 0 saturated heterocycles. The van der Waals surface area contributed by atoms with Gasteiger partial charge in [-0.15, -0.1) is 0 Å². The first kappa shape index (κ1) is 15.2. The number of hydrogen-bond donors (Lipinski definition) is 2. The summed E-state index contributed by atoms with van der Waals surface area (Å²) >= 11 is 0. The van der Waals surface area contributed by atoms with Crippen molar-refractivity contribution in [2.45, 2.75) is 59.0 Å². The van der Waals surface area contributed by atoms with E-state index in [2.05, 4.69) is 20.4 Å². The van der Waals surface area contributed by atoms with E-state index in [1.165, 1.54) is 0 Å². The predicted octanol–water partition coefficient (Wildman–Crippen LogP) is 3.23. The Balaban J connectivity index is 2.50. The largest absolute Gasteiger partial charge is 0.481 e. The SMILES string of the molecule is C=C(CCC(=O)O)[C@@H]1CC(C)(C)[C@H]1CC[C@H](C)O. The lowest BCUT2D eigenvalue weighted by atomic mass is 9.52. The average Bonchev–Trinajstić information content (AvgIpc) is 2.22. The highest BCUT2D eigenvalue weighted by Gasteiger charge is 2.47. The maximum absolute atomic E-state index is 10.6. The highest BCUT2D eigenvalue weighted by atomic mass is 16.4. The van der Waals surface area contributed by atoms with Crippen LogP contribution in [-0.4, -0.2) is 22.3 Å². The van der Waals surface area contributed by atoms with E-state index in [4.69, 9.17) is 5.11 Å². The van der Waals surface area contributed by atoms with Crippen molar-refractivity contribution in [1.29, 1.82) is 0 Å². The van der Waals surface area contributed by atoms with Gasteiger partial charge in [-0.2, -0.15) is 0 Å². The molecule has 1 rings (SSSR count). The Morgan fingerprint density at radius 3 is 2.50 bits per heavy atom. The smallest absolute Gasteiger partial charge is 0.303 e. The Labute approximate surface area is 110 Å². The van der Waals surface area contributed by atoms with E-state index < -0.39 is 5.97 Å². The van der Waals surface area contributed by atoms with E-state index >= 15 is 0 Å². The molecule has 0 aliphatic heterocycles. The molecule has 0 radical (unpaired) electrons. The van der Waals surface area contributed by atoms with Gasteiger partial charge < -0.3 is 10.2 Å². The minimum absolute atomic E-state index is 0.179. The van der Waals surface area contributed by atoms with Crippen LogP contribution in [0.15, 0.2) is 12.2 Å². The first-order valence-corrected chi connectivity index (χ1v) is 6.81. The molecule has 0 amide bonds. The molecule has 0 aromatic heterocycles. The van der Waals surface area contributed by atoms with Crippen LogP contribution < -0.4 is 0 Å². The third-order valence-corrected chi connectivity index (χ3v) is 4.32. The van der Waals surface area contributed by atoms with Crippen molar-refractivity contribution in [2.75, 3.05) is 0 Å². The lowest BCUT2D eigenvalue weighted by Crippen LogP contribution is -2.45. The molecule has 1 aliphatic carbocycles. The van der Waals surface area contributed by atoms with Crippen molar-refractivity contribution < 1.29 is 15.0 Å². The van der Waals surface area contributed by atoms with Crippen LogP contribution in [0.3, 0.4) is 0 Å². The van der Waals surface area contributed by atoms with Gasteiger partial charge in [0.05, 0.1) is 6.10 Å². The van der Waals surface area contributed by atoms with Crippen LogP contribution in [0.25, 0.3) is 0 Å². The number of allylic oxidation sites excluding steroid dienone is 1. The van der Waals surface area contributed by atoms with E-state index in [0.29, 0.717) is 23.7 Å². The molecule has 1 saturated carbocycles. The molecule has 104 valence electrons. The number of carboxylic acids is 1. The Hall–Kier alpha value is -0.830. The molecular weight excluding hydrogens is 228 g/mol. The van der Waals surface area contributed by atoms with Crippen LogP contribution in [0, 0.1) is 17.3 Å². The maximum Gasteiger partial charge on any atom is 0.303 e. The number of rotatable bonds is 7. The third-order valence-electron chi connectivity index (χ3n) is 4.32. The zero-order valence-corrected chi connectivity index (χ0v) is 11.8. The second-order valence-electron chi connectivity index (χ2n) is 6.38. The lowest BCUT2D eigenvalue weighted by Gasteiger charge is -2.53. The zero-order valence-electron chi connectivity index (χ0n) is 11.8. The van der Waals surface area contributed by atoms with Crippen LogP contribution in [0.5, 0.6) is 0 Å². The number of aliphatic hydroxyl groups is 1. The summed E-state index contributed by atoms with van der Waals surface area (Å²) in [6, 6.07) is 0. The van der Waals surface area contributed by atoms with E-state index in [1.54, 1.807) is 0 Å². The minimum Gasteiger partial charge on any atom is -0.481 e. The van der Waals surface area contributed by atoms with E-state index in [9.17, 15) is 9.90 Å². The van der Waals surface area contributed by atoms with Gasteiger partial charge in [-0.25, -0.2) is 0 Å². The summed E-state index contributed by atoms with van der Waals surface area (Å²) in [4.78, 5) is 10.6. The van der Waals surface area contributed by atoms with E-state index in [0.717, 1.165) is 24.8 Å². The third kappa shape index (κ3) is 3.84. The summed E-state index contributed by atoms with van der Waals surface area (Å²) in [5, 5.41) is 18.1. The molecule has 0 aromatic rings. The summed E-state index contributed by atoms with van der Waals surface area (Å²) in [7, 11) is 0. The topological polar surface area (TPSA) is 57.5 Å². The fourth-order valence-corrected chi connectivity index (χ4v) is 3.14. The van der Waals surface area contributed by atoms with Gasteiger partial charge >= 0.3 is 5.97 Å². The molecular formula is C15H26O3. The van der Waals surface area contributed by atoms with Crippen LogP contribution in [0.2, 0.25) is 0 Å². The van der Waals surface area contributed by atoms with Crippen molar-refractivity contribution in [3.8, 4) is 0 Å². The molecule has 0 heterocycles. The van der Waals surface area contributed by atoms with Gasteiger partial charge in [0.15, 0.2) is 0 Å². The molecule has 0 aromatic carbocycles. The molecule has 1 fully saturated rings. The van der Waals surface area contributed by atoms with Crippen LogP contribution >= 0.6 is 0 Å². The molecule has 3 heteroatoms. The minimum atomic E-state index is -0.754. The van der Waals surface area contributed by atoms with E-state index in [-0.39, 0.29) is 12.5 Å². The van der Waals surface area contributed by atoms with Gasteiger partial charge in [0.2, 0.25) is 0 Å². The van der Waals surface area contributed by atoms with Crippen molar-refractivity contribution >= 4 is 5.97 Å². The summed E-state index contributed by atoms with van der Waals surface area (Å²) in [6.07, 6.45) is 3.42. The summed E-state index contributed by atoms with van der Waals surface area (Å²) in [6.45, 7) is 10.4. The predicted molar refractivity (Wildman–Crippen MR) is 72.3 cm³/mol. The highest BCUT2D eigenvalue weighted by Crippen LogP contribution is 2.56. The first-order valence-electron chi connectivity index (χ1n) is 6.81. The molecule has 0 spiro atoms. The zero-order chi connectivity index (χ0) is 13.9. The number of carbonyl (C=O) groups is 1. The summed E-state index contributed by atoms with van der Waals surface area (Å²) in [5.41, 5.74) is 1.37. The Bertz CT molecular complexity index is 318. The molecule has 0 unspecified atom stereocenters. The number of aliphatic hydroxyl groups excluding tert-OH is 1. The van der Waals surface area contributed by atoms with Crippen LogP contribution in [0.4, 0.5) is 0 Å². The second-order valence-corrected chi connectivity index (χ2v) is 6.38. The van der Waals surface area contributed by atoms with Crippen molar-refractivity contribution in [3.05, 3.63) is 12.2 Å². The number of carboxylic acid groups (broad SMARTS) is 1. The molecule has 2 N–H and O–H groups in total. The Kier molecular flexibility index (Phi) is 4.97. The van der Waals surface area contributed by atoms with Gasteiger partial charge in [-0.05, 0) is 49.9 Å². The highest BCUT2D eigenvalue weighted by molar-refractivity contribution is 5.67. The molecule has 0 bridgehead atoms. The maximum atomic E-state index is 10.6. The quantitative estimate of drug-likeness (QED) is 0.686. The van der Waals surface area contributed by atoms with Gasteiger partial charge in [0.25, 0.3) is 0 Å². The number of aliphatic carboxylic acids is 1. The Morgan fingerprint density at radius 2 is 2.06 bits per heavy atom. The fourth-order valence-electron chi connectivity index (χ4n) is 3.14. The lowest BCUT2D eigenvalue weighted by molar-refractivity contribution is -0.137. The van der Waals surface area contributed by atoms with Crippen molar-refractivity contribution in [3.63, 3.8) is 0 Å². The van der Waals surface area contributed by atoms with Gasteiger partial charge in [-0.1, -0.05) is 26.0 Å². The van der Waals surface area contributed by atoms with Crippen molar-refractivity contribution in [1.82, 2.24) is 0 Å². The summed E-state index contributed by atoms with van der Waals surface area (Å²) in [5.74, 6) is 0.224. The standard InChI is InChI=1S/C15H26O3/c1-10(5-8-14(17)18)12-9-15(3,4)13(12)7-6-11(2)16/h11-13,16H,1,5-9H2,2-4H3,(H,17,18)/t11-,12-,13-/m0/s1. The molecule has 1 aliphatic rings. The summed E-state index contributed by atoms with van der Waals surface area (Å²) < 4.78 is 0. The molecule has 3 nitrogen and oxygen atoms in total. The molecule has 3 atom stereocenters. The van der Waals surface area contributed by atoms with Gasteiger partial charge in [-0.3, -0.25) is 4.79 Å². The van der Waals surface area contributed by atoms with Crippen molar-refractivity contribution in [2.24, 2.45) is 17.3 Å². The normalized spacial score (nSPS) is 27.3. The monoisotopic (exact) mass is 254 g/mol. The second kappa shape index (κ2) is 5.87. The first-order chi connectivity index (χ1) is 8.24. The fraction of sp³-hybridized carbons (Fsp3) is 0.800. The molecule has 18 heavy (non-hydrogen) atoms. The Morgan fingerprint density at radius 1 is 1.44 bits per heavy atom. The average molecular weight is 254 g/mol. The van der Waals surface area contributed by atoms with Gasteiger partial charge in [0.1, 0.15) is 0 Å². The van der Waals surface area contributed by atoms with E-state index in [1.807, 2.05) is 6.92 Å². The van der Waals surface area contributed by atoms with Crippen LogP contribution in [-0.2, 0) is 4.79 Å². The van der Waals surface area contributed by atoms with Gasteiger partial charge in [0, 0.05) is 6.42 Å². The number of hydrogen-bond acceptors (Lipinski definition) is 2. The van der Waals surface area contributed by atoms with Crippen LogP contribution in [0.1, 0.15) is 52.9 Å².